The van der Waals surface area contributed by atoms with Gasteiger partial charge in [-0.25, -0.2) is 9.97 Å². The average Bonchev–Trinajstić information content (AvgIpc) is 2.56. The molecule has 0 unspecified atom stereocenters. The third-order valence-electron chi connectivity index (χ3n) is 3.44. The molecule has 118 valence electrons. The number of nitrogen functional groups attached to an aromatic ring is 1. The Morgan fingerprint density at radius 1 is 0.913 bits per heavy atom. The molecule has 3 aromatic rings. The van der Waals surface area contributed by atoms with E-state index >= 15 is 0 Å². The van der Waals surface area contributed by atoms with Gasteiger partial charge in [-0.05, 0) is 25.1 Å². The molecule has 23 heavy (non-hydrogen) atoms. The molecule has 0 aliphatic carbocycles. The van der Waals surface area contributed by atoms with E-state index < -0.39 is 0 Å². The largest absolute Gasteiger partial charge is 0.490 e. The van der Waals surface area contributed by atoms with Crippen LogP contribution in [0.3, 0.4) is 0 Å². The van der Waals surface area contributed by atoms with Crippen LogP contribution in [0.15, 0.2) is 48.5 Å². The van der Waals surface area contributed by atoms with Crippen molar-refractivity contribution in [2.45, 2.75) is 13.3 Å². The maximum Gasteiger partial charge on any atom is 0.220 e. The van der Waals surface area contributed by atoms with Crippen LogP contribution >= 0.6 is 0 Å². The lowest BCUT2D eigenvalue weighted by Gasteiger charge is -2.12. The molecule has 0 aliphatic rings. The van der Waals surface area contributed by atoms with E-state index in [1.165, 1.54) is 0 Å². The SMILES string of the molecule is CCOc1ccccc1OCCc1nc(N)nc2ccccc12. The van der Waals surface area contributed by atoms with Crippen molar-refractivity contribution >= 4 is 16.9 Å². The number of anilines is 1. The predicted molar refractivity (Wildman–Crippen MR) is 90.8 cm³/mol. The Hall–Kier alpha value is -2.82. The van der Waals surface area contributed by atoms with Gasteiger partial charge in [0.05, 0.1) is 24.4 Å². The summed E-state index contributed by atoms with van der Waals surface area (Å²) in [5.41, 5.74) is 7.53. The third kappa shape index (κ3) is 3.51. The minimum atomic E-state index is 0.286. The van der Waals surface area contributed by atoms with E-state index in [0.717, 1.165) is 28.1 Å². The van der Waals surface area contributed by atoms with E-state index in [-0.39, 0.29) is 5.95 Å². The van der Waals surface area contributed by atoms with Gasteiger partial charge in [0.25, 0.3) is 0 Å². The summed E-state index contributed by atoms with van der Waals surface area (Å²) >= 11 is 0. The van der Waals surface area contributed by atoms with E-state index in [1.807, 2.05) is 55.5 Å². The van der Waals surface area contributed by atoms with Crippen LogP contribution in [0.4, 0.5) is 5.95 Å². The smallest absolute Gasteiger partial charge is 0.220 e. The third-order valence-corrected chi connectivity index (χ3v) is 3.44. The molecule has 1 aromatic heterocycles. The topological polar surface area (TPSA) is 70.3 Å². The molecule has 2 aromatic carbocycles. The summed E-state index contributed by atoms with van der Waals surface area (Å²) in [6, 6.07) is 15.5. The van der Waals surface area contributed by atoms with Gasteiger partial charge >= 0.3 is 0 Å². The monoisotopic (exact) mass is 309 g/mol. The molecule has 0 bridgehead atoms. The standard InChI is InChI=1S/C18H19N3O2/c1-2-22-16-9-5-6-10-17(16)23-12-11-15-13-7-3-4-8-14(13)20-18(19)21-15/h3-10H,2,11-12H2,1H3,(H2,19,20,21). The molecule has 5 nitrogen and oxygen atoms in total. The van der Waals surface area contributed by atoms with Crippen LogP contribution in [0.25, 0.3) is 10.9 Å². The molecule has 0 fully saturated rings. The van der Waals surface area contributed by atoms with Crippen molar-refractivity contribution in [1.82, 2.24) is 9.97 Å². The minimum Gasteiger partial charge on any atom is -0.490 e. The second-order valence-electron chi connectivity index (χ2n) is 5.02. The highest BCUT2D eigenvalue weighted by molar-refractivity contribution is 5.81. The van der Waals surface area contributed by atoms with Crippen molar-refractivity contribution in [2.24, 2.45) is 0 Å². The normalized spacial score (nSPS) is 10.7. The van der Waals surface area contributed by atoms with Crippen molar-refractivity contribution in [1.29, 1.82) is 0 Å². The van der Waals surface area contributed by atoms with Crippen LogP contribution in [-0.4, -0.2) is 23.2 Å². The summed E-state index contributed by atoms with van der Waals surface area (Å²) in [4.78, 5) is 8.59. The van der Waals surface area contributed by atoms with Crippen LogP contribution < -0.4 is 15.2 Å². The molecular weight excluding hydrogens is 290 g/mol. The Balaban J connectivity index is 1.74. The quantitative estimate of drug-likeness (QED) is 0.757. The highest BCUT2D eigenvalue weighted by atomic mass is 16.5. The molecule has 0 saturated carbocycles. The molecule has 0 aliphatic heterocycles. The fraction of sp³-hybridized carbons (Fsp3) is 0.222. The number of nitrogens with two attached hydrogens (primary N) is 1. The fourth-order valence-corrected chi connectivity index (χ4v) is 2.45. The summed E-state index contributed by atoms with van der Waals surface area (Å²) in [6.07, 6.45) is 0.647. The number of para-hydroxylation sites is 3. The molecule has 1 heterocycles. The molecule has 0 saturated heterocycles. The molecular formula is C18H19N3O2. The molecule has 5 heteroatoms. The predicted octanol–water partition coefficient (Wildman–Crippen LogP) is 3.23. The molecule has 0 atom stereocenters. The Kier molecular flexibility index (Phi) is 4.57. The van der Waals surface area contributed by atoms with Crippen molar-refractivity contribution in [3.05, 3.63) is 54.2 Å². The van der Waals surface area contributed by atoms with Crippen LogP contribution in [-0.2, 0) is 6.42 Å². The Morgan fingerprint density at radius 3 is 2.39 bits per heavy atom. The van der Waals surface area contributed by atoms with Crippen LogP contribution in [0, 0.1) is 0 Å². The second-order valence-corrected chi connectivity index (χ2v) is 5.02. The minimum absolute atomic E-state index is 0.286. The summed E-state index contributed by atoms with van der Waals surface area (Å²) < 4.78 is 11.4. The first kappa shape index (κ1) is 15.1. The number of fused-ring (bicyclic) bond motifs is 1. The highest BCUT2D eigenvalue weighted by Crippen LogP contribution is 2.26. The van der Waals surface area contributed by atoms with Gasteiger partial charge in [-0.3, -0.25) is 0 Å². The lowest BCUT2D eigenvalue weighted by Crippen LogP contribution is -2.07. The van der Waals surface area contributed by atoms with E-state index in [1.54, 1.807) is 0 Å². The van der Waals surface area contributed by atoms with E-state index in [0.29, 0.717) is 19.6 Å². The second kappa shape index (κ2) is 6.96. The fourth-order valence-electron chi connectivity index (χ4n) is 2.45. The van der Waals surface area contributed by atoms with Gasteiger partial charge in [0.2, 0.25) is 5.95 Å². The van der Waals surface area contributed by atoms with E-state index in [9.17, 15) is 0 Å². The number of rotatable bonds is 6. The number of aromatic nitrogens is 2. The number of nitrogens with zero attached hydrogens (tertiary/aromatic N) is 2. The zero-order valence-electron chi connectivity index (χ0n) is 13.0. The maximum absolute atomic E-state index is 5.86. The number of benzene rings is 2. The van der Waals surface area contributed by atoms with Crippen molar-refractivity contribution < 1.29 is 9.47 Å². The summed E-state index contributed by atoms with van der Waals surface area (Å²) in [7, 11) is 0. The Bertz CT molecular complexity index is 805. The van der Waals surface area contributed by atoms with E-state index in [4.69, 9.17) is 15.2 Å². The van der Waals surface area contributed by atoms with Crippen LogP contribution in [0.5, 0.6) is 11.5 Å². The van der Waals surface area contributed by atoms with Crippen molar-refractivity contribution in [3.63, 3.8) is 0 Å². The first-order valence-corrected chi connectivity index (χ1v) is 7.63. The Morgan fingerprint density at radius 2 is 1.61 bits per heavy atom. The van der Waals surface area contributed by atoms with Crippen molar-refractivity contribution in [3.8, 4) is 11.5 Å². The number of hydrogen-bond donors (Lipinski definition) is 1. The van der Waals surface area contributed by atoms with Crippen LogP contribution in [0.1, 0.15) is 12.6 Å². The van der Waals surface area contributed by atoms with E-state index in [2.05, 4.69) is 9.97 Å². The van der Waals surface area contributed by atoms with Gasteiger partial charge in [0.1, 0.15) is 0 Å². The zero-order valence-corrected chi connectivity index (χ0v) is 13.0. The van der Waals surface area contributed by atoms with Gasteiger partial charge < -0.3 is 15.2 Å². The highest BCUT2D eigenvalue weighted by Gasteiger charge is 2.08. The van der Waals surface area contributed by atoms with Crippen LogP contribution in [0.2, 0.25) is 0 Å². The Labute approximate surface area is 135 Å². The number of hydrogen-bond acceptors (Lipinski definition) is 5. The average molecular weight is 309 g/mol. The summed E-state index contributed by atoms with van der Waals surface area (Å²) in [5, 5.41) is 1.00. The molecule has 0 amide bonds. The lowest BCUT2D eigenvalue weighted by atomic mass is 10.1. The first-order valence-electron chi connectivity index (χ1n) is 7.63. The van der Waals surface area contributed by atoms with Gasteiger partial charge in [0.15, 0.2) is 11.5 Å². The van der Waals surface area contributed by atoms with Crippen molar-refractivity contribution in [2.75, 3.05) is 18.9 Å². The first-order chi connectivity index (χ1) is 11.3. The molecule has 3 rings (SSSR count). The van der Waals surface area contributed by atoms with Gasteiger partial charge in [-0.15, -0.1) is 0 Å². The van der Waals surface area contributed by atoms with Gasteiger partial charge in [-0.1, -0.05) is 30.3 Å². The van der Waals surface area contributed by atoms with Gasteiger partial charge in [-0.2, -0.15) is 0 Å². The molecule has 0 spiro atoms. The number of ether oxygens (including phenoxy) is 2. The lowest BCUT2D eigenvalue weighted by molar-refractivity contribution is 0.279. The maximum atomic E-state index is 5.86. The van der Waals surface area contributed by atoms with Gasteiger partial charge in [0, 0.05) is 11.8 Å². The summed E-state index contributed by atoms with van der Waals surface area (Å²) in [6.45, 7) is 3.05. The molecule has 0 radical (unpaired) electrons. The summed E-state index contributed by atoms with van der Waals surface area (Å²) in [5.74, 6) is 1.77. The zero-order chi connectivity index (χ0) is 16.1. The molecule has 2 N–H and O–H groups in total.